The molecule has 179 valence electrons. The molecule has 0 bridgehead atoms. The van der Waals surface area contributed by atoms with Gasteiger partial charge in [-0.1, -0.05) is 42.1 Å². The molecule has 0 aliphatic carbocycles. The molecule has 11 nitrogen and oxygen atoms in total. The number of hydrogen-bond acceptors (Lipinski definition) is 9. The Labute approximate surface area is 208 Å². The molecule has 0 aliphatic heterocycles. The normalized spacial score (nSPS) is 12.2. The number of rotatable bonds is 5. The summed E-state index contributed by atoms with van der Waals surface area (Å²) >= 11 is 0. The average molecular weight is 555 g/mol. The molecule has 4 rings (SSSR count). The maximum absolute atomic E-state index is 12.7. The van der Waals surface area contributed by atoms with Crippen LogP contribution >= 0.6 is 0 Å². The Bertz CT molecular complexity index is 1750. The molecule has 0 saturated carbocycles. The molecule has 0 aromatic heterocycles. The molecule has 4 aromatic rings. The first-order chi connectivity index (χ1) is 15.9. The van der Waals surface area contributed by atoms with E-state index in [2.05, 4.69) is 10.2 Å². The van der Waals surface area contributed by atoms with E-state index < -0.39 is 58.7 Å². The van der Waals surface area contributed by atoms with Gasteiger partial charge in [0.15, 0.2) is 0 Å². The zero-order valence-corrected chi connectivity index (χ0v) is 19.9. The molecule has 0 saturated heterocycles. The van der Waals surface area contributed by atoms with Gasteiger partial charge in [-0.3, -0.25) is 9.11 Å². The second-order valence-corrected chi connectivity index (χ2v) is 9.84. The van der Waals surface area contributed by atoms with Gasteiger partial charge in [-0.25, -0.2) is 0 Å². The number of carboxylic acids is 1. The summed E-state index contributed by atoms with van der Waals surface area (Å²) in [4.78, 5) is 9.91. The summed E-state index contributed by atoms with van der Waals surface area (Å²) in [6, 6.07) is 12.9. The molecule has 1 radical (unpaired) electrons. The van der Waals surface area contributed by atoms with E-state index in [4.69, 9.17) is 0 Å². The predicted molar refractivity (Wildman–Crippen MR) is 115 cm³/mol. The van der Waals surface area contributed by atoms with E-state index in [0.717, 1.165) is 24.3 Å². The predicted octanol–water partition coefficient (Wildman–Crippen LogP) is 2.34. The summed E-state index contributed by atoms with van der Waals surface area (Å²) in [6.45, 7) is 0. The number of carbonyl (C=O) groups is 1. The standard InChI is InChI=1S/C21H14N2O9S2.Mn/c24-20-15(21(25)26)8-11-4-1-2-6-13(11)19(20)23-22-16-9-12-5-3-7-17(33(27,28)29)14(12)10-18(16)34(30,31)32;/h1-10,24H,(H,25,26)(H,27,28,29)(H,30,31,32);/q;+2/p-2. The monoisotopic (exact) mass is 555 g/mol. The zero-order valence-electron chi connectivity index (χ0n) is 17.1. The van der Waals surface area contributed by atoms with E-state index in [1.165, 1.54) is 24.3 Å². The molecule has 0 spiro atoms. The minimum atomic E-state index is -4.98. The maximum atomic E-state index is 12.7. The van der Waals surface area contributed by atoms with Crippen molar-refractivity contribution in [2.45, 2.75) is 9.79 Å². The van der Waals surface area contributed by atoms with E-state index >= 15 is 0 Å². The first kappa shape index (κ1) is 26.2. The molecule has 0 atom stereocenters. The summed E-state index contributed by atoms with van der Waals surface area (Å²) in [7, 11) is -9.71. The van der Waals surface area contributed by atoms with Crippen molar-refractivity contribution in [1.82, 2.24) is 0 Å². The van der Waals surface area contributed by atoms with Crippen LogP contribution in [0.15, 0.2) is 80.7 Å². The number of carbonyl (C=O) groups excluding carboxylic acids is 1. The Balaban J connectivity index is 0.00000342. The van der Waals surface area contributed by atoms with E-state index in [-0.39, 0.29) is 33.2 Å². The Morgan fingerprint density at radius 3 is 2.00 bits per heavy atom. The van der Waals surface area contributed by atoms with Gasteiger partial charge in [0, 0.05) is 10.8 Å². The molecule has 35 heavy (non-hydrogen) atoms. The van der Waals surface area contributed by atoms with Gasteiger partial charge in [0.05, 0.1) is 11.7 Å². The zero-order chi connectivity index (χ0) is 24.8. The first-order valence-electron chi connectivity index (χ1n) is 9.25. The second-order valence-electron chi connectivity index (χ2n) is 7.06. The summed E-state index contributed by atoms with van der Waals surface area (Å²) in [6.07, 6.45) is 0. The van der Waals surface area contributed by atoms with Crippen molar-refractivity contribution in [2.75, 3.05) is 0 Å². The molecule has 0 amide bonds. The number of aromatic carboxylic acids is 1. The number of azo groups is 1. The average Bonchev–Trinajstić information content (AvgIpc) is 2.75. The largest absolute Gasteiger partial charge is 2.00 e. The molecule has 0 heterocycles. The van der Waals surface area contributed by atoms with Crippen LogP contribution in [0.3, 0.4) is 0 Å². The van der Waals surface area contributed by atoms with Crippen LogP contribution in [-0.4, -0.2) is 31.9 Å². The Morgan fingerprint density at radius 1 is 0.771 bits per heavy atom. The Hall–Kier alpha value is -3.39. The SMILES string of the molecule is O=C([O-])c1cc2ccccc2c(N=Nc2cc3cccc(S(=O)(=O)O)c3cc2S(=O)(=O)O)c1[O-].[Mn+2]. The fourth-order valence-corrected chi connectivity index (χ4v) is 4.77. The Morgan fingerprint density at radius 2 is 1.37 bits per heavy atom. The molecular formula is C21H12MnN2O9S2. The van der Waals surface area contributed by atoms with Gasteiger partial charge < -0.3 is 15.0 Å². The fraction of sp³-hybridized carbons (Fsp3) is 0. The summed E-state index contributed by atoms with van der Waals surface area (Å²) < 4.78 is 66.4. The number of nitrogens with zero attached hydrogens (tertiary/aromatic N) is 2. The number of fused-ring (bicyclic) bond motifs is 2. The van der Waals surface area contributed by atoms with Gasteiger partial charge in [-0.2, -0.15) is 21.9 Å². The Kier molecular flexibility index (Phi) is 6.99. The van der Waals surface area contributed by atoms with Crippen molar-refractivity contribution in [3.05, 3.63) is 66.2 Å². The van der Waals surface area contributed by atoms with Crippen molar-refractivity contribution in [3.63, 3.8) is 0 Å². The van der Waals surface area contributed by atoms with E-state index in [0.29, 0.717) is 5.39 Å². The summed E-state index contributed by atoms with van der Waals surface area (Å²) in [5, 5.41) is 32.0. The quantitative estimate of drug-likeness (QED) is 0.211. The van der Waals surface area contributed by atoms with Crippen molar-refractivity contribution in [2.24, 2.45) is 10.2 Å². The van der Waals surface area contributed by atoms with Gasteiger partial charge in [-0.15, -0.1) is 5.11 Å². The van der Waals surface area contributed by atoms with Crippen LogP contribution < -0.4 is 10.2 Å². The molecule has 0 aliphatic rings. The van der Waals surface area contributed by atoms with Crippen LogP contribution in [0.4, 0.5) is 11.4 Å². The number of benzene rings is 4. The second kappa shape index (κ2) is 9.34. The minimum absolute atomic E-state index is 0. The van der Waals surface area contributed by atoms with Gasteiger partial charge in [0.1, 0.15) is 15.5 Å². The third-order valence-electron chi connectivity index (χ3n) is 4.93. The van der Waals surface area contributed by atoms with Crippen molar-refractivity contribution < 1.29 is 58.0 Å². The van der Waals surface area contributed by atoms with Crippen molar-refractivity contribution in [3.8, 4) is 5.75 Å². The first-order valence-corrected chi connectivity index (χ1v) is 12.1. The van der Waals surface area contributed by atoms with E-state index in [9.17, 15) is 40.9 Å². The van der Waals surface area contributed by atoms with Crippen molar-refractivity contribution in [1.29, 1.82) is 0 Å². The van der Waals surface area contributed by atoms with Crippen LogP contribution in [0.1, 0.15) is 10.4 Å². The summed E-state index contributed by atoms with van der Waals surface area (Å²) in [5.74, 6) is -2.76. The van der Waals surface area contributed by atoms with Crippen LogP contribution in [-0.2, 0) is 37.3 Å². The van der Waals surface area contributed by atoms with Gasteiger partial charge in [0.2, 0.25) is 0 Å². The van der Waals surface area contributed by atoms with Gasteiger partial charge in [-0.05, 0) is 40.6 Å². The van der Waals surface area contributed by atoms with Gasteiger partial charge >= 0.3 is 17.1 Å². The van der Waals surface area contributed by atoms with E-state index in [1.807, 2.05) is 0 Å². The fourth-order valence-electron chi connectivity index (χ4n) is 3.44. The third-order valence-corrected chi connectivity index (χ3v) is 6.72. The molecule has 0 unspecified atom stereocenters. The van der Waals surface area contributed by atoms with Crippen LogP contribution in [0, 0.1) is 0 Å². The molecule has 14 heteroatoms. The maximum Gasteiger partial charge on any atom is 2.00 e. The third kappa shape index (κ3) is 5.03. The van der Waals surface area contributed by atoms with E-state index in [1.54, 1.807) is 12.1 Å². The van der Waals surface area contributed by atoms with Crippen LogP contribution in [0.25, 0.3) is 21.5 Å². The topological polar surface area (TPSA) is 197 Å². The smallest absolute Gasteiger partial charge is 0.871 e. The summed E-state index contributed by atoms with van der Waals surface area (Å²) in [5.41, 5.74) is -1.56. The number of carboxylic acid groups (broad SMARTS) is 1. The minimum Gasteiger partial charge on any atom is -0.871 e. The van der Waals surface area contributed by atoms with Gasteiger partial charge in [0.25, 0.3) is 20.2 Å². The van der Waals surface area contributed by atoms with Crippen molar-refractivity contribution >= 4 is 59.1 Å². The molecule has 2 N–H and O–H groups in total. The number of hydrogen-bond donors (Lipinski definition) is 2. The molecular weight excluding hydrogens is 543 g/mol. The molecule has 4 aromatic carbocycles. The van der Waals surface area contributed by atoms with Crippen LogP contribution in [0.5, 0.6) is 5.75 Å². The van der Waals surface area contributed by atoms with Crippen LogP contribution in [0.2, 0.25) is 0 Å². The molecule has 0 fully saturated rings.